The van der Waals surface area contributed by atoms with Crippen LogP contribution in [0.2, 0.25) is 0 Å². The van der Waals surface area contributed by atoms with Gasteiger partial charge in [-0.2, -0.15) is 8.78 Å². The van der Waals surface area contributed by atoms with Crippen molar-refractivity contribution in [2.24, 2.45) is 0 Å². The van der Waals surface area contributed by atoms with Crippen LogP contribution in [0.15, 0.2) is 48.5 Å². The number of nitrogens with zero attached hydrogens (tertiary/aromatic N) is 1. The predicted molar refractivity (Wildman–Crippen MR) is 110 cm³/mol. The van der Waals surface area contributed by atoms with E-state index in [9.17, 15) is 13.6 Å². The lowest BCUT2D eigenvalue weighted by atomic mass is 10.1. The molecule has 0 spiro atoms. The normalized spacial score (nSPS) is 14.8. The Morgan fingerprint density at radius 1 is 1.17 bits per heavy atom. The van der Waals surface area contributed by atoms with E-state index in [1.807, 2.05) is 24.3 Å². The molecule has 0 saturated carbocycles. The summed E-state index contributed by atoms with van der Waals surface area (Å²) in [6.07, 6.45) is 2.93. The monoisotopic (exact) mass is 418 g/mol. The maximum absolute atomic E-state index is 12.4. The molecule has 0 atom stereocenters. The van der Waals surface area contributed by atoms with E-state index in [0.717, 1.165) is 32.8 Å². The second kappa shape index (κ2) is 10.7. The number of ether oxygens (including phenoxy) is 3. The first-order chi connectivity index (χ1) is 14.5. The number of hydrogen-bond donors (Lipinski definition) is 1. The molecule has 0 bridgehead atoms. The molecule has 30 heavy (non-hydrogen) atoms. The molecule has 1 aliphatic rings. The molecule has 1 aliphatic heterocycles. The van der Waals surface area contributed by atoms with Crippen molar-refractivity contribution in [3.63, 3.8) is 0 Å². The molecule has 8 heteroatoms. The smallest absolute Gasteiger partial charge is 0.387 e. The van der Waals surface area contributed by atoms with Crippen molar-refractivity contribution in [2.45, 2.75) is 13.2 Å². The molecule has 160 valence electrons. The molecular weight excluding hydrogens is 394 g/mol. The minimum atomic E-state index is -2.94. The third-order valence-electron chi connectivity index (χ3n) is 4.56. The number of anilines is 1. The first kappa shape index (κ1) is 21.7. The highest BCUT2D eigenvalue weighted by Gasteiger charge is 2.11. The lowest BCUT2D eigenvalue weighted by Gasteiger charge is -2.26. The van der Waals surface area contributed by atoms with Crippen molar-refractivity contribution in [3.8, 4) is 11.5 Å². The summed E-state index contributed by atoms with van der Waals surface area (Å²) in [6, 6.07) is 12.1. The lowest BCUT2D eigenvalue weighted by Crippen LogP contribution is -2.35. The molecule has 0 aromatic heterocycles. The van der Waals surface area contributed by atoms with Crippen molar-refractivity contribution in [1.29, 1.82) is 0 Å². The zero-order valence-electron chi connectivity index (χ0n) is 16.6. The number of methoxy groups -OCH3 is 1. The number of hydrogen-bond acceptors (Lipinski definition) is 5. The van der Waals surface area contributed by atoms with Crippen molar-refractivity contribution in [1.82, 2.24) is 4.90 Å². The molecule has 6 nitrogen and oxygen atoms in total. The van der Waals surface area contributed by atoms with Crippen LogP contribution in [0.5, 0.6) is 11.5 Å². The molecule has 1 heterocycles. The van der Waals surface area contributed by atoms with Crippen LogP contribution in [0.4, 0.5) is 14.5 Å². The van der Waals surface area contributed by atoms with E-state index in [4.69, 9.17) is 9.47 Å². The summed E-state index contributed by atoms with van der Waals surface area (Å²) in [5, 5.41) is 2.79. The number of nitrogens with one attached hydrogen (secondary N) is 1. The quantitative estimate of drug-likeness (QED) is 0.662. The van der Waals surface area contributed by atoms with Gasteiger partial charge >= 0.3 is 6.61 Å². The average molecular weight is 418 g/mol. The fourth-order valence-electron chi connectivity index (χ4n) is 3.05. The van der Waals surface area contributed by atoms with Gasteiger partial charge in [-0.15, -0.1) is 0 Å². The Kier molecular flexibility index (Phi) is 7.75. The van der Waals surface area contributed by atoms with Crippen molar-refractivity contribution in [3.05, 3.63) is 59.7 Å². The van der Waals surface area contributed by atoms with Gasteiger partial charge in [-0.1, -0.05) is 18.2 Å². The van der Waals surface area contributed by atoms with Crippen LogP contribution in [-0.4, -0.2) is 50.8 Å². The molecular formula is C22H24F2N2O4. The second-order valence-electron chi connectivity index (χ2n) is 6.70. The Balaban J connectivity index is 1.55. The average Bonchev–Trinajstić information content (AvgIpc) is 2.75. The topological polar surface area (TPSA) is 60.0 Å². The molecule has 0 radical (unpaired) electrons. The number of morpholine rings is 1. The number of carbonyl (C=O) groups excluding carboxylic acids is 1. The Bertz CT molecular complexity index is 866. The van der Waals surface area contributed by atoms with E-state index in [1.54, 1.807) is 12.1 Å². The first-order valence-electron chi connectivity index (χ1n) is 9.54. The minimum absolute atomic E-state index is 0.0636. The third kappa shape index (κ3) is 6.53. The van der Waals surface area contributed by atoms with Crippen molar-refractivity contribution < 1.29 is 27.8 Å². The maximum Gasteiger partial charge on any atom is 0.387 e. The maximum atomic E-state index is 12.4. The predicted octanol–water partition coefficient (Wildman–Crippen LogP) is 3.78. The minimum Gasteiger partial charge on any atom is -0.493 e. The van der Waals surface area contributed by atoms with Crippen LogP contribution in [0.1, 0.15) is 11.1 Å². The van der Waals surface area contributed by atoms with Gasteiger partial charge < -0.3 is 19.5 Å². The van der Waals surface area contributed by atoms with Crippen LogP contribution in [-0.2, 0) is 16.1 Å². The molecule has 0 unspecified atom stereocenters. The van der Waals surface area contributed by atoms with E-state index in [1.165, 1.54) is 30.9 Å². The van der Waals surface area contributed by atoms with Gasteiger partial charge in [0.2, 0.25) is 5.91 Å². The van der Waals surface area contributed by atoms with Crippen molar-refractivity contribution in [2.75, 3.05) is 38.7 Å². The fourth-order valence-corrected chi connectivity index (χ4v) is 3.05. The highest BCUT2D eigenvalue weighted by molar-refractivity contribution is 6.01. The molecule has 2 aromatic carbocycles. The van der Waals surface area contributed by atoms with Gasteiger partial charge in [-0.25, -0.2) is 0 Å². The zero-order valence-corrected chi connectivity index (χ0v) is 16.6. The summed E-state index contributed by atoms with van der Waals surface area (Å²) in [4.78, 5) is 14.5. The summed E-state index contributed by atoms with van der Waals surface area (Å²) < 4.78 is 39.6. The Morgan fingerprint density at radius 3 is 2.57 bits per heavy atom. The standard InChI is InChI=1S/C22H24F2N2O4/c1-28-20-14-16(4-8-19(20)30-22(23)24)5-9-21(27)25-18-6-2-17(3-7-18)15-26-10-12-29-13-11-26/h2-9,14,22H,10-13,15H2,1H3,(H,25,27)/b9-5+. The summed E-state index contributed by atoms with van der Waals surface area (Å²) in [6.45, 7) is 1.27. The summed E-state index contributed by atoms with van der Waals surface area (Å²) in [5.74, 6) is -0.206. The van der Waals surface area contributed by atoms with Gasteiger partial charge in [0.05, 0.1) is 20.3 Å². The number of rotatable bonds is 8. The van der Waals surface area contributed by atoms with E-state index in [0.29, 0.717) is 11.3 Å². The van der Waals surface area contributed by atoms with Crippen LogP contribution in [0, 0.1) is 0 Å². The number of amides is 1. The van der Waals surface area contributed by atoms with Gasteiger partial charge in [0.25, 0.3) is 0 Å². The van der Waals surface area contributed by atoms with E-state index >= 15 is 0 Å². The summed E-state index contributed by atoms with van der Waals surface area (Å²) in [7, 11) is 1.36. The number of benzene rings is 2. The molecule has 1 amide bonds. The first-order valence-corrected chi connectivity index (χ1v) is 9.54. The van der Waals surface area contributed by atoms with E-state index < -0.39 is 6.61 Å². The van der Waals surface area contributed by atoms with Gasteiger partial charge in [0, 0.05) is 31.4 Å². The molecule has 1 N–H and O–H groups in total. The molecule has 1 saturated heterocycles. The Hall–Kier alpha value is -2.97. The number of carbonyl (C=O) groups is 1. The third-order valence-corrected chi connectivity index (χ3v) is 4.56. The molecule has 0 aliphatic carbocycles. The van der Waals surface area contributed by atoms with Gasteiger partial charge in [-0.3, -0.25) is 9.69 Å². The number of alkyl halides is 2. The van der Waals surface area contributed by atoms with Gasteiger partial charge in [-0.05, 0) is 41.5 Å². The fraction of sp³-hybridized carbons (Fsp3) is 0.318. The highest BCUT2D eigenvalue weighted by atomic mass is 19.3. The van der Waals surface area contributed by atoms with Crippen LogP contribution < -0.4 is 14.8 Å². The number of halogens is 2. The largest absolute Gasteiger partial charge is 0.493 e. The molecule has 3 rings (SSSR count). The van der Waals surface area contributed by atoms with Crippen LogP contribution in [0.3, 0.4) is 0 Å². The van der Waals surface area contributed by atoms with Crippen LogP contribution in [0.25, 0.3) is 6.08 Å². The lowest BCUT2D eigenvalue weighted by molar-refractivity contribution is -0.111. The highest BCUT2D eigenvalue weighted by Crippen LogP contribution is 2.29. The Labute approximate surface area is 174 Å². The van der Waals surface area contributed by atoms with Crippen LogP contribution >= 0.6 is 0 Å². The SMILES string of the molecule is COc1cc(/C=C/C(=O)Nc2ccc(CN3CCOCC3)cc2)ccc1OC(F)F. The van der Waals surface area contributed by atoms with Gasteiger partial charge in [0.15, 0.2) is 11.5 Å². The van der Waals surface area contributed by atoms with E-state index in [-0.39, 0.29) is 17.4 Å². The molecule has 2 aromatic rings. The second-order valence-corrected chi connectivity index (χ2v) is 6.70. The van der Waals surface area contributed by atoms with Crippen molar-refractivity contribution >= 4 is 17.7 Å². The zero-order chi connectivity index (χ0) is 21.3. The summed E-state index contributed by atoms with van der Waals surface area (Å²) in [5.41, 5.74) is 2.47. The summed E-state index contributed by atoms with van der Waals surface area (Å²) >= 11 is 0. The molecule has 1 fully saturated rings. The van der Waals surface area contributed by atoms with E-state index in [2.05, 4.69) is 15.0 Å². The Morgan fingerprint density at radius 2 is 1.90 bits per heavy atom. The van der Waals surface area contributed by atoms with Gasteiger partial charge in [0.1, 0.15) is 0 Å².